The van der Waals surface area contributed by atoms with E-state index in [1.165, 1.54) is 29.2 Å². The smallest absolute Gasteiger partial charge is 0.236 e. The Balaban J connectivity index is 2.09. The van der Waals surface area contributed by atoms with E-state index in [2.05, 4.69) is 10.1 Å². The lowest BCUT2D eigenvalue weighted by molar-refractivity contribution is -0.170. The summed E-state index contributed by atoms with van der Waals surface area (Å²) in [5, 5.41) is 3.81. The van der Waals surface area contributed by atoms with Crippen molar-refractivity contribution in [1.29, 1.82) is 4.78 Å². The van der Waals surface area contributed by atoms with Crippen LogP contribution in [0.1, 0.15) is 11.6 Å². The van der Waals surface area contributed by atoms with Gasteiger partial charge in [-0.05, 0) is 23.8 Å². The van der Waals surface area contributed by atoms with Crippen molar-refractivity contribution in [2.45, 2.75) is 17.1 Å². The first-order valence-corrected chi connectivity index (χ1v) is 8.86. The van der Waals surface area contributed by atoms with Crippen molar-refractivity contribution in [3.05, 3.63) is 60.1 Å². The van der Waals surface area contributed by atoms with E-state index in [4.69, 9.17) is 4.78 Å². The maximum Gasteiger partial charge on any atom is 0.409 e. The summed E-state index contributed by atoms with van der Waals surface area (Å²) in [6, 6.07) is 1.44. The van der Waals surface area contributed by atoms with E-state index in [0.29, 0.717) is 12.1 Å². The fraction of sp³-hybridized carbons (Fsp3) is 0.200. The van der Waals surface area contributed by atoms with Gasteiger partial charge in [-0.3, -0.25) is 0 Å². The number of pyridine rings is 1. The SMILES string of the molecule is CN([C@H](c1ccc(F)c(F)c1)C(F)(F)F)[S@@](=N)(=O)c1ccn2ncnc2c1. The summed E-state index contributed by atoms with van der Waals surface area (Å²) in [6.45, 7) is 0. The molecule has 0 spiro atoms. The van der Waals surface area contributed by atoms with Gasteiger partial charge in [0.25, 0.3) is 0 Å². The van der Waals surface area contributed by atoms with Crippen LogP contribution >= 0.6 is 0 Å². The molecule has 0 aliphatic carbocycles. The van der Waals surface area contributed by atoms with Gasteiger partial charge < -0.3 is 0 Å². The number of fused-ring (bicyclic) bond motifs is 1. The number of alkyl halides is 3. The summed E-state index contributed by atoms with van der Waals surface area (Å²) in [7, 11) is -3.31. The van der Waals surface area contributed by atoms with E-state index >= 15 is 0 Å². The number of rotatable bonds is 4. The van der Waals surface area contributed by atoms with Gasteiger partial charge in [-0.2, -0.15) is 18.3 Å². The maximum absolute atomic E-state index is 13.6. The largest absolute Gasteiger partial charge is 0.409 e. The lowest BCUT2D eigenvalue weighted by Crippen LogP contribution is -2.39. The Hall–Kier alpha value is -2.60. The topological polar surface area (TPSA) is 74.4 Å². The van der Waals surface area contributed by atoms with Crippen molar-refractivity contribution < 1.29 is 26.2 Å². The van der Waals surface area contributed by atoms with E-state index < -0.39 is 39.3 Å². The molecule has 0 bridgehead atoms. The van der Waals surface area contributed by atoms with Crippen LogP contribution in [0, 0.1) is 16.4 Å². The number of halogens is 5. The summed E-state index contributed by atoms with van der Waals surface area (Å²) < 4.78 is 90.1. The number of aromatic nitrogens is 3. The highest BCUT2D eigenvalue weighted by atomic mass is 32.2. The molecule has 2 heterocycles. The second kappa shape index (κ2) is 6.53. The third-order valence-electron chi connectivity index (χ3n) is 3.91. The van der Waals surface area contributed by atoms with Crippen molar-refractivity contribution in [2.75, 3.05) is 7.05 Å². The molecule has 27 heavy (non-hydrogen) atoms. The van der Waals surface area contributed by atoms with Crippen molar-refractivity contribution in [3.63, 3.8) is 0 Å². The lowest BCUT2D eigenvalue weighted by Gasteiger charge is -2.31. The highest BCUT2D eigenvalue weighted by Crippen LogP contribution is 2.40. The molecule has 144 valence electrons. The van der Waals surface area contributed by atoms with Crippen LogP contribution in [0.3, 0.4) is 0 Å². The zero-order chi connectivity index (χ0) is 20.0. The zero-order valence-electron chi connectivity index (χ0n) is 13.6. The van der Waals surface area contributed by atoms with E-state index in [9.17, 15) is 26.2 Å². The Morgan fingerprint density at radius 1 is 1.19 bits per heavy atom. The highest BCUT2D eigenvalue weighted by Gasteiger charge is 2.47. The molecule has 0 aliphatic rings. The van der Waals surface area contributed by atoms with Gasteiger partial charge in [0, 0.05) is 19.3 Å². The monoisotopic (exact) mass is 405 g/mol. The summed E-state index contributed by atoms with van der Waals surface area (Å²) in [4.78, 5) is 3.60. The number of benzene rings is 1. The van der Waals surface area contributed by atoms with Gasteiger partial charge >= 0.3 is 6.18 Å². The molecule has 12 heteroatoms. The van der Waals surface area contributed by atoms with E-state index in [0.717, 1.165) is 13.1 Å². The minimum absolute atomic E-state index is 0.192. The van der Waals surface area contributed by atoms with E-state index in [-0.39, 0.29) is 14.8 Å². The van der Waals surface area contributed by atoms with Crippen LogP contribution in [0.2, 0.25) is 0 Å². The van der Waals surface area contributed by atoms with E-state index in [1.807, 2.05) is 0 Å². The van der Waals surface area contributed by atoms with Crippen LogP contribution < -0.4 is 0 Å². The average Bonchev–Trinajstić information content (AvgIpc) is 3.04. The lowest BCUT2D eigenvalue weighted by atomic mass is 10.1. The molecular formula is C15H12F5N5OS. The second-order valence-electron chi connectivity index (χ2n) is 5.61. The van der Waals surface area contributed by atoms with E-state index in [1.54, 1.807) is 0 Å². The molecule has 6 nitrogen and oxygen atoms in total. The first-order chi connectivity index (χ1) is 12.5. The Bertz CT molecular complexity index is 1100. The molecule has 3 rings (SSSR count). The Morgan fingerprint density at radius 2 is 1.89 bits per heavy atom. The van der Waals surface area contributed by atoms with Crippen molar-refractivity contribution in [3.8, 4) is 0 Å². The minimum Gasteiger partial charge on any atom is -0.236 e. The number of nitrogens with one attached hydrogen (secondary N) is 1. The molecular weight excluding hydrogens is 393 g/mol. The molecule has 2 atom stereocenters. The van der Waals surface area contributed by atoms with Crippen LogP contribution in [-0.4, -0.2) is 36.3 Å². The van der Waals surface area contributed by atoms with Crippen molar-refractivity contribution >= 4 is 15.6 Å². The normalized spacial score (nSPS) is 15.8. The average molecular weight is 405 g/mol. The molecule has 0 fully saturated rings. The maximum atomic E-state index is 13.6. The molecule has 0 unspecified atom stereocenters. The highest BCUT2D eigenvalue weighted by molar-refractivity contribution is 7.90. The molecule has 3 aromatic rings. The minimum atomic E-state index is -5.00. The fourth-order valence-corrected chi connectivity index (χ4v) is 3.95. The number of hydrogen-bond donors (Lipinski definition) is 1. The summed E-state index contributed by atoms with van der Waals surface area (Å²) in [6.07, 6.45) is -2.50. The first-order valence-electron chi connectivity index (χ1n) is 7.34. The van der Waals surface area contributed by atoms with Crippen LogP contribution in [0.15, 0.2) is 47.8 Å². The molecule has 0 aliphatic heterocycles. The predicted molar refractivity (Wildman–Crippen MR) is 85.0 cm³/mol. The fourth-order valence-electron chi connectivity index (χ4n) is 2.57. The predicted octanol–water partition coefficient (Wildman–Crippen LogP) is 3.56. The quantitative estimate of drug-likeness (QED) is 0.675. The van der Waals surface area contributed by atoms with Gasteiger partial charge in [0.05, 0.1) is 4.90 Å². The third kappa shape index (κ3) is 3.49. The summed E-state index contributed by atoms with van der Waals surface area (Å²) in [5.74, 6) is -2.79. The molecule has 0 amide bonds. The third-order valence-corrected chi connectivity index (χ3v) is 5.83. The summed E-state index contributed by atoms with van der Waals surface area (Å²) in [5.41, 5.74) is -0.482. The van der Waals surface area contributed by atoms with Gasteiger partial charge in [0.1, 0.15) is 22.3 Å². The number of nitrogens with zero attached hydrogens (tertiary/aromatic N) is 4. The van der Waals surface area contributed by atoms with Gasteiger partial charge in [0.15, 0.2) is 17.3 Å². The van der Waals surface area contributed by atoms with Crippen molar-refractivity contribution in [1.82, 2.24) is 18.9 Å². The number of hydrogen-bond acceptors (Lipinski definition) is 4. The Morgan fingerprint density at radius 3 is 2.52 bits per heavy atom. The molecule has 0 radical (unpaired) electrons. The van der Waals surface area contributed by atoms with Crippen LogP contribution in [-0.2, 0) is 9.92 Å². The molecule has 0 saturated carbocycles. The van der Waals surface area contributed by atoms with Gasteiger partial charge in [0.2, 0.25) is 0 Å². The standard InChI is InChI=1S/C15H12F5N5OS/c1-24(14(15(18,19)20)9-2-3-11(16)12(17)6-9)27(21,26)10-4-5-25-13(7-10)22-8-23-25/h2-8,14,21H,1H3/t14-,27-/m1/s1. The van der Waals surface area contributed by atoms with Crippen LogP contribution in [0.25, 0.3) is 5.65 Å². The summed E-state index contributed by atoms with van der Waals surface area (Å²) >= 11 is 0. The molecule has 0 saturated heterocycles. The Kier molecular flexibility index (Phi) is 4.64. The zero-order valence-corrected chi connectivity index (χ0v) is 14.4. The van der Waals surface area contributed by atoms with Crippen molar-refractivity contribution in [2.24, 2.45) is 0 Å². The molecule has 1 N–H and O–H groups in total. The van der Waals surface area contributed by atoms with Gasteiger partial charge in [-0.15, -0.1) is 0 Å². The van der Waals surface area contributed by atoms with Gasteiger partial charge in [-0.25, -0.2) is 31.6 Å². The second-order valence-corrected chi connectivity index (χ2v) is 7.71. The van der Waals surface area contributed by atoms with Crippen LogP contribution in [0.4, 0.5) is 22.0 Å². The van der Waals surface area contributed by atoms with Gasteiger partial charge in [-0.1, -0.05) is 6.07 Å². The Labute approximate surface area is 150 Å². The first kappa shape index (κ1) is 19.2. The van der Waals surface area contributed by atoms with Crippen LogP contribution in [0.5, 0.6) is 0 Å². The molecule has 1 aromatic carbocycles. The molecule has 2 aromatic heterocycles.